The second kappa shape index (κ2) is 12.9. The third kappa shape index (κ3) is 5.56. The molecule has 286 valence electrons. The van der Waals surface area contributed by atoms with Crippen LogP contribution >= 0.6 is 0 Å². The van der Waals surface area contributed by atoms with Crippen molar-refractivity contribution in [2.75, 3.05) is 25.7 Å². The van der Waals surface area contributed by atoms with E-state index in [9.17, 15) is 19.2 Å². The van der Waals surface area contributed by atoms with E-state index in [0.29, 0.717) is 56.2 Å². The lowest BCUT2D eigenvalue weighted by Crippen LogP contribution is -2.44. The Labute approximate surface area is 318 Å². The molecule has 0 bridgehead atoms. The Hall–Kier alpha value is -6.31. The number of imidazole rings is 1. The number of piperidine rings is 1. The quantitative estimate of drug-likeness (QED) is 0.190. The summed E-state index contributed by atoms with van der Waals surface area (Å²) in [5.74, 6) is -2.89. The molecule has 14 heteroatoms. The maximum atomic E-state index is 16.1. The van der Waals surface area contributed by atoms with Crippen molar-refractivity contribution in [3.8, 4) is 33.8 Å². The Kier molecular flexibility index (Phi) is 8.15. The SMILES string of the molecule is COc1cc(-c2cn(C)c(=O)c3cnc(C4CC4)cc23)cc(OC)c1CN1CC(F)(F)c2cc(-c3cccc4c3n(C)c(=O)n4C3CCC(=O)NC3=O)ccc21. The van der Waals surface area contributed by atoms with Crippen LogP contribution < -0.4 is 30.9 Å². The number of rotatable bonds is 8. The van der Waals surface area contributed by atoms with Gasteiger partial charge in [-0.3, -0.25) is 33.8 Å². The van der Waals surface area contributed by atoms with Gasteiger partial charge in [0, 0.05) is 66.9 Å². The predicted octanol–water partition coefficient (Wildman–Crippen LogP) is 5.91. The van der Waals surface area contributed by atoms with Gasteiger partial charge < -0.3 is 18.9 Å². The van der Waals surface area contributed by atoms with E-state index in [1.807, 2.05) is 18.2 Å². The Morgan fingerprint density at radius 1 is 0.893 bits per heavy atom. The van der Waals surface area contributed by atoms with E-state index in [1.165, 1.54) is 34.0 Å². The molecule has 1 saturated carbocycles. The Balaban J connectivity index is 1.09. The number of nitrogens with zero attached hydrogens (tertiary/aromatic N) is 5. The summed E-state index contributed by atoms with van der Waals surface area (Å²) < 4.78 is 48.2. The molecule has 3 aromatic carbocycles. The lowest BCUT2D eigenvalue weighted by Gasteiger charge is -2.23. The fourth-order valence-electron chi connectivity index (χ4n) is 8.42. The average Bonchev–Trinajstić information content (AvgIpc) is 3.97. The Morgan fingerprint density at radius 3 is 2.34 bits per heavy atom. The van der Waals surface area contributed by atoms with Crippen molar-refractivity contribution in [2.45, 2.75) is 50.1 Å². The highest BCUT2D eigenvalue weighted by molar-refractivity contribution is 6.01. The number of para-hydroxylation sites is 1. The van der Waals surface area contributed by atoms with Gasteiger partial charge in [-0.2, -0.15) is 8.78 Å². The number of carbonyl (C=O) groups excluding carboxylic acids is 2. The molecule has 2 fully saturated rings. The number of ether oxygens (including phenoxy) is 2. The van der Waals surface area contributed by atoms with Crippen LogP contribution in [0.2, 0.25) is 0 Å². The molecule has 6 aromatic rings. The number of imide groups is 1. The first kappa shape index (κ1) is 35.4. The molecule has 2 aliphatic heterocycles. The third-order valence-electron chi connectivity index (χ3n) is 11.4. The first-order valence-corrected chi connectivity index (χ1v) is 18.4. The number of aromatic nitrogens is 4. The zero-order chi connectivity index (χ0) is 39.2. The van der Waals surface area contributed by atoms with Gasteiger partial charge in [0.05, 0.1) is 49.3 Å². The summed E-state index contributed by atoms with van der Waals surface area (Å²) >= 11 is 0. The minimum atomic E-state index is -3.22. The highest BCUT2D eigenvalue weighted by Gasteiger charge is 2.44. The van der Waals surface area contributed by atoms with E-state index in [4.69, 9.17) is 9.47 Å². The van der Waals surface area contributed by atoms with Crippen LogP contribution in [0.5, 0.6) is 11.5 Å². The highest BCUT2D eigenvalue weighted by Crippen LogP contribution is 2.48. The van der Waals surface area contributed by atoms with Crippen molar-refractivity contribution >= 4 is 39.3 Å². The van der Waals surface area contributed by atoms with Gasteiger partial charge in [-0.1, -0.05) is 18.2 Å². The lowest BCUT2D eigenvalue weighted by molar-refractivity contribution is -0.135. The number of aryl methyl sites for hydroxylation is 2. The smallest absolute Gasteiger partial charge is 0.329 e. The molecular weight excluding hydrogens is 722 g/mol. The zero-order valence-corrected chi connectivity index (χ0v) is 31.2. The van der Waals surface area contributed by atoms with E-state index in [0.717, 1.165) is 35.0 Å². The van der Waals surface area contributed by atoms with Crippen molar-refractivity contribution < 1.29 is 27.8 Å². The topological polar surface area (TPSA) is 130 Å². The van der Waals surface area contributed by atoms with Gasteiger partial charge in [0.15, 0.2) is 0 Å². The monoisotopic (exact) mass is 760 g/mol. The minimum Gasteiger partial charge on any atom is -0.496 e. The first-order valence-electron chi connectivity index (χ1n) is 18.4. The molecule has 1 atom stereocenters. The minimum absolute atomic E-state index is 0.0528. The Bertz CT molecular complexity index is 2760. The lowest BCUT2D eigenvalue weighted by atomic mass is 9.97. The maximum Gasteiger partial charge on any atom is 0.329 e. The van der Waals surface area contributed by atoms with Crippen LogP contribution in [-0.4, -0.2) is 51.3 Å². The molecule has 3 aromatic heterocycles. The fraction of sp³-hybridized carbons (Fsp3) is 0.310. The number of nitrogens with one attached hydrogen (secondary N) is 1. The van der Waals surface area contributed by atoms with Crippen LogP contribution in [0.15, 0.2) is 76.6 Å². The summed E-state index contributed by atoms with van der Waals surface area (Å²) in [6.07, 6.45) is 5.83. The molecule has 9 rings (SSSR count). The molecule has 2 amide bonds. The molecule has 1 aliphatic carbocycles. The van der Waals surface area contributed by atoms with Crippen LogP contribution in [-0.2, 0) is 36.2 Å². The summed E-state index contributed by atoms with van der Waals surface area (Å²) in [5.41, 5.74) is 4.63. The summed E-state index contributed by atoms with van der Waals surface area (Å²) in [7, 11) is 6.32. The normalized spacial score (nSPS) is 17.8. The van der Waals surface area contributed by atoms with Gasteiger partial charge in [0.1, 0.15) is 17.5 Å². The number of pyridine rings is 2. The number of fused-ring (bicyclic) bond motifs is 3. The van der Waals surface area contributed by atoms with Crippen molar-refractivity contribution in [1.82, 2.24) is 24.0 Å². The van der Waals surface area contributed by atoms with Gasteiger partial charge in [-0.15, -0.1) is 0 Å². The molecule has 1 N–H and O–H groups in total. The number of amides is 2. The second-order valence-corrected chi connectivity index (χ2v) is 14.9. The largest absolute Gasteiger partial charge is 0.496 e. The molecule has 0 radical (unpaired) electrons. The number of alkyl halides is 2. The van der Waals surface area contributed by atoms with E-state index in [-0.39, 0.29) is 30.5 Å². The van der Waals surface area contributed by atoms with Crippen molar-refractivity contribution in [1.29, 1.82) is 0 Å². The van der Waals surface area contributed by atoms with Gasteiger partial charge in [0.25, 0.3) is 11.5 Å². The van der Waals surface area contributed by atoms with Crippen LogP contribution in [0, 0.1) is 0 Å². The summed E-state index contributed by atoms with van der Waals surface area (Å²) in [4.78, 5) is 57.4. The Morgan fingerprint density at radius 2 is 1.64 bits per heavy atom. The molecule has 3 aliphatic rings. The van der Waals surface area contributed by atoms with Crippen molar-refractivity contribution in [3.63, 3.8) is 0 Å². The summed E-state index contributed by atoms with van der Waals surface area (Å²) in [5, 5.41) is 3.58. The number of hydrogen-bond acceptors (Lipinski definition) is 8. The van der Waals surface area contributed by atoms with Gasteiger partial charge >= 0.3 is 5.69 Å². The molecule has 56 heavy (non-hydrogen) atoms. The number of halogens is 2. The zero-order valence-electron chi connectivity index (χ0n) is 31.2. The van der Waals surface area contributed by atoms with Crippen LogP contribution in [0.1, 0.15) is 54.5 Å². The summed E-state index contributed by atoms with van der Waals surface area (Å²) in [6.45, 7) is -0.534. The number of benzene rings is 3. The van der Waals surface area contributed by atoms with Gasteiger partial charge in [-0.25, -0.2) is 4.79 Å². The highest BCUT2D eigenvalue weighted by atomic mass is 19.3. The average molecular weight is 761 g/mol. The molecule has 1 saturated heterocycles. The molecule has 12 nitrogen and oxygen atoms in total. The number of carbonyl (C=O) groups is 2. The number of methoxy groups -OCH3 is 2. The second-order valence-electron chi connectivity index (χ2n) is 14.9. The van der Waals surface area contributed by atoms with Crippen molar-refractivity contribution in [3.05, 3.63) is 105 Å². The van der Waals surface area contributed by atoms with Crippen molar-refractivity contribution in [2.24, 2.45) is 14.1 Å². The van der Waals surface area contributed by atoms with E-state index >= 15 is 8.78 Å². The maximum absolute atomic E-state index is 16.1. The fourth-order valence-corrected chi connectivity index (χ4v) is 8.42. The van der Waals surface area contributed by atoms with E-state index in [1.54, 1.807) is 61.7 Å². The van der Waals surface area contributed by atoms with E-state index in [2.05, 4.69) is 10.3 Å². The molecule has 0 spiro atoms. The van der Waals surface area contributed by atoms with Gasteiger partial charge in [0.2, 0.25) is 11.8 Å². The van der Waals surface area contributed by atoms with E-state index < -0.39 is 36.0 Å². The number of hydrogen-bond donors (Lipinski definition) is 1. The summed E-state index contributed by atoms with van der Waals surface area (Å²) in [6, 6.07) is 14.9. The third-order valence-corrected chi connectivity index (χ3v) is 11.4. The molecular formula is C42H38F2N6O6. The standard InChI is InChI=1S/C42H38F2N6O6/c1-47-19-28(26-17-31(22-8-9-22)45-18-27(26)40(47)53)24-15-35(55-3)29(36(16-24)56-4)20-49-21-42(43,44)30-14-23(10-11-32(30)49)25-6-5-7-33-38(25)48(2)41(54)50(33)34-12-13-37(51)46-39(34)52/h5-7,10-11,14-19,22,34H,8-9,12-13,20-21H2,1-4H3,(H,46,51,52). The van der Waals surface area contributed by atoms with Crippen LogP contribution in [0.4, 0.5) is 14.5 Å². The molecule has 5 heterocycles. The predicted molar refractivity (Wildman–Crippen MR) is 206 cm³/mol. The number of anilines is 1. The molecule has 1 unspecified atom stereocenters. The first-order chi connectivity index (χ1) is 26.9. The van der Waals surface area contributed by atoms with Gasteiger partial charge in [-0.05, 0) is 72.2 Å². The van der Waals surface area contributed by atoms with Crippen LogP contribution in [0.3, 0.4) is 0 Å². The van der Waals surface area contributed by atoms with Crippen LogP contribution in [0.25, 0.3) is 44.1 Å².